The first-order valence-electron chi connectivity index (χ1n) is 5.22. The molecule has 90 valence electrons. The van der Waals surface area contributed by atoms with Crippen molar-refractivity contribution in [2.24, 2.45) is 0 Å². The minimum absolute atomic E-state index is 0. The van der Waals surface area contributed by atoms with E-state index in [1.165, 1.54) is 6.07 Å². The predicted molar refractivity (Wildman–Crippen MR) is 61.3 cm³/mol. The number of pyridine rings is 1. The molecule has 1 aromatic heterocycles. The van der Waals surface area contributed by atoms with Crippen LogP contribution in [0.1, 0.15) is 36.4 Å². The Kier molecular flexibility index (Phi) is 5.09. The van der Waals surface area contributed by atoms with Crippen LogP contribution in [0.25, 0.3) is 0 Å². The van der Waals surface area contributed by atoms with Crippen molar-refractivity contribution in [3.05, 3.63) is 29.6 Å². The van der Waals surface area contributed by atoms with Gasteiger partial charge in [0.1, 0.15) is 0 Å². The van der Waals surface area contributed by atoms with Crippen molar-refractivity contribution < 1.29 is 8.78 Å². The zero-order valence-electron chi connectivity index (χ0n) is 8.83. The highest BCUT2D eigenvalue weighted by Crippen LogP contribution is 2.29. The Balaban J connectivity index is 0.00000128. The summed E-state index contributed by atoms with van der Waals surface area (Å²) in [5.41, 5.74) is 0.658. The third-order valence-electron chi connectivity index (χ3n) is 2.79. The summed E-state index contributed by atoms with van der Waals surface area (Å²) >= 11 is 0. The highest BCUT2D eigenvalue weighted by molar-refractivity contribution is 5.85. The first-order valence-corrected chi connectivity index (χ1v) is 5.22. The topological polar surface area (TPSA) is 24.9 Å². The minimum atomic E-state index is -2.42. The molecule has 0 amide bonds. The molecule has 0 spiro atoms. The second kappa shape index (κ2) is 6.11. The molecule has 0 radical (unpaired) electrons. The van der Waals surface area contributed by atoms with Gasteiger partial charge in [0.2, 0.25) is 0 Å². The van der Waals surface area contributed by atoms with Gasteiger partial charge >= 0.3 is 0 Å². The molecule has 16 heavy (non-hydrogen) atoms. The van der Waals surface area contributed by atoms with Gasteiger partial charge in [0.15, 0.2) is 0 Å². The van der Waals surface area contributed by atoms with Gasteiger partial charge in [-0.15, -0.1) is 12.4 Å². The number of aromatic nitrogens is 1. The number of nitrogens with one attached hydrogen (secondary N) is 1. The van der Waals surface area contributed by atoms with Crippen molar-refractivity contribution in [1.29, 1.82) is 0 Å². The zero-order chi connectivity index (χ0) is 10.7. The van der Waals surface area contributed by atoms with Crippen molar-refractivity contribution in [2.45, 2.75) is 25.2 Å². The van der Waals surface area contributed by atoms with Gasteiger partial charge in [-0.2, -0.15) is 0 Å². The van der Waals surface area contributed by atoms with Crippen LogP contribution in [0, 0.1) is 0 Å². The lowest BCUT2D eigenvalue weighted by atomic mass is 9.93. The molecule has 1 unspecified atom stereocenters. The Morgan fingerprint density at radius 1 is 1.44 bits per heavy atom. The highest BCUT2D eigenvalue weighted by Gasteiger charge is 2.22. The Labute approximate surface area is 99.9 Å². The first-order chi connectivity index (χ1) is 7.29. The fraction of sp³-hybridized carbons (Fsp3) is 0.545. The fourth-order valence-corrected chi connectivity index (χ4v) is 2.04. The van der Waals surface area contributed by atoms with Crippen LogP contribution in [0.15, 0.2) is 18.3 Å². The third kappa shape index (κ3) is 2.89. The summed E-state index contributed by atoms with van der Waals surface area (Å²) in [6.07, 6.45) is 1.15. The Morgan fingerprint density at radius 2 is 2.25 bits per heavy atom. The average Bonchev–Trinajstić information content (AvgIpc) is 2.30. The summed E-state index contributed by atoms with van der Waals surface area (Å²) in [5, 5.41) is 3.21. The lowest BCUT2D eigenvalue weighted by Gasteiger charge is -2.23. The minimum Gasteiger partial charge on any atom is -0.316 e. The quantitative estimate of drug-likeness (QED) is 0.871. The Bertz CT molecular complexity index is 328. The summed E-state index contributed by atoms with van der Waals surface area (Å²) < 4.78 is 25.4. The predicted octanol–water partition coefficient (Wildman–Crippen LogP) is 2.91. The Morgan fingerprint density at radius 3 is 2.88 bits per heavy atom. The SMILES string of the molecule is Cl.FC(F)c1cccnc1C1CCCNC1. The number of nitrogens with zero attached hydrogens (tertiary/aromatic N) is 1. The average molecular weight is 249 g/mol. The van der Waals surface area contributed by atoms with E-state index in [1.807, 2.05) is 0 Å². The maximum Gasteiger partial charge on any atom is 0.265 e. The maximum absolute atomic E-state index is 12.7. The van der Waals surface area contributed by atoms with Gasteiger partial charge in [-0.3, -0.25) is 4.98 Å². The van der Waals surface area contributed by atoms with E-state index in [1.54, 1.807) is 12.3 Å². The summed E-state index contributed by atoms with van der Waals surface area (Å²) in [5.74, 6) is 0.143. The fourth-order valence-electron chi connectivity index (χ4n) is 2.04. The third-order valence-corrected chi connectivity index (χ3v) is 2.79. The molecule has 0 bridgehead atoms. The smallest absolute Gasteiger partial charge is 0.265 e. The van der Waals surface area contributed by atoms with E-state index in [2.05, 4.69) is 10.3 Å². The van der Waals surface area contributed by atoms with E-state index < -0.39 is 6.43 Å². The number of alkyl halides is 2. The number of rotatable bonds is 2. The van der Waals surface area contributed by atoms with Crippen LogP contribution in [0.4, 0.5) is 8.78 Å². The molecule has 0 aromatic carbocycles. The monoisotopic (exact) mass is 248 g/mol. The molecular weight excluding hydrogens is 234 g/mol. The van der Waals surface area contributed by atoms with Gasteiger partial charge in [-0.25, -0.2) is 8.78 Å². The standard InChI is InChI=1S/C11H14F2N2.ClH/c12-11(13)9-4-2-6-15-10(9)8-3-1-5-14-7-8;/h2,4,6,8,11,14H,1,3,5,7H2;1H. The van der Waals surface area contributed by atoms with E-state index in [-0.39, 0.29) is 23.9 Å². The van der Waals surface area contributed by atoms with Crippen LogP contribution in [-0.4, -0.2) is 18.1 Å². The van der Waals surface area contributed by atoms with Crippen molar-refractivity contribution in [3.63, 3.8) is 0 Å². The number of piperidine rings is 1. The van der Waals surface area contributed by atoms with Crippen molar-refractivity contribution >= 4 is 12.4 Å². The molecule has 1 atom stereocenters. The van der Waals surface area contributed by atoms with Crippen molar-refractivity contribution in [2.75, 3.05) is 13.1 Å². The molecule has 2 nitrogen and oxygen atoms in total. The van der Waals surface area contributed by atoms with E-state index in [0.717, 1.165) is 25.9 Å². The summed E-state index contributed by atoms with van der Waals surface area (Å²) in [6, 6.07) is 3.04. The molecule has 1 saturated heterocycles. The number of hydrogen-bond donors (Lipinski definition) is 1. The van der Waals surface area contributed by atoms with Crippen molar-refractivity contribution in [3.8, 4) is 0 Å². The van der Waals surface area contributed by atoms with Gasteiger partial charge in [-0.1, -0.05) is 0 Å². The number of hydrogen-bond acceptors (Lipinski definition) is 2. The molecule has 1 aromatic rings. The first kappa shape index (κ1) is 13.3. The molecule has 1 aliphatic heterocycles. The van der Waals surface area contributed by atoms with E-state index >= 15 is 0 Å². The molecule has 1 N–H and O–H groups in total. The Hall–Kier alpha value is -0.740. The maximum atomic E-state index is 12.7. The van der Waals surface area contributed by atoms with Crippen molar-refractivity contribution in [1.82, 2.24) is 10.3 Å². The van der Waals surface area contributed by atoms with Crippen LogP contribution in [0.2, 0.25) is 0 Å². The molecule has 1 fully saturated rings. The molecular formula is C11H15ClF2N2. The summed E-state index contributed by atoms with van der Waals surface area (Å²) in [4.78, 5) is 4.10. The van der Waals surface area contributed by atoms with Crippen LogP contribution < -0.4 is 5.32 Å². The lowest BCUT2D eigenvalue weighted by Crippen LogP contribution is -2.29. The van der Waals surface area contributed by atoms with Crippen LogP contribution in [-0.2, 0) is 0 Å². The van der Waals surface area contributed by atoms with Gasteiger partial charge in [0, 0.05) is 24.2 Å². The molecule has 1 aliphatic rings. The number of halogens is 3. The molecule has 5 heteroatoms. The van der Waals surface area contributed by atoms with E-state index in [4.69, 9.17) is 0 Å². The van der Waals surface area contributed by atoms with E-state index in [0.29, 0.717) is 5.69 Å². The second-order valence-corrected chi connectivity index (χ2v) is 3.82. The normalized spacial score (nSPS) is 20.6. The lowest BCUT2D eigenvalue weighted by molar-refractivity contribution is 0.148. The largest absolute Gasteiger partial charge is 0.316 e. The zero-order valence-corrected chi connectivity index (χ0v) is 9.64. The molecule has 0 aliphatic carbocycles. The summed E-state index contributed by atoms with van der Waals surface area (Å²) in [6.45, 7) is 1.74. The highest BCUT2D eigenvalue weighted by atomic mass is 35.5. The molecule has 0 saturated carbocycles. The van der Waals surface area contributed by atoms with E-state index in [9.17, 15) is 8.78 Å². The van der Waals surface area contributed by atoms with Crippen LogP contribution in [0.3, 0.4) is 0 Å². The van der Waals surface area contributed by atoms with Gasteiger partial charge in [0.05, 0.1) is 5.69 Å². The van der Waals surface area contributed by atoms with Gasteiger partial charge < -0.3 is 5.32 Å². The second-order valence-electron chi connectivity index (χ2n) is 3.82. The van der Waals surface area contributed by atoms with Gasteiger partial charge in [-0.05, 0) is 31.5 Å². The summed E-state index contributed by atoms with van der Waals surface area (Å²) in [7, 11) is 0. The molecule has 2 rings (SSSR count). The molecule has 2 heterocycles. The van der Waals surface area contributed by atoms with Crippen LogP contribution in [0.5, 0.6) is 0 Å². The van der Waals surface area contributed by atoms with Gasteiger partial charge in [0.25, 0.3) is 6.43 Å². The van der Waals surface area contributed by atoms with Crippen LogP contribution >= 0.6 is 12.4 Å².